The third kappa shape index (κ3) is 2.51. The molecule has 0 saturated heterocycles. The summed E-state index contributed by atoms with van der Waals surface area (Å²) in [5.41, 5.74) is 4.02. The van der Waals surface area contributed by atoms with Crippen LogP contribution in [0.25, 0.3) is 11.2 Å². The molecular weight excluding hydrogens is 293 g/mol. The fourth-order valence-electron chi connectivity index (χ4n) is 2.29. The highest BCUT2D eigenvalue weighted by molar-refractivity contribution is 6.31. The summed E-state index contributed by atoms with van der Waals surface area (Å²) in [6, 6.07) is 10.2. The van der Waals surface area contributed by atoms with Gasteiger partial charge in [-0.15, -0.1) is 11.6 Å². The molecule has 102 valence electrons. The van der Waals surface area contributed by atoms with E-state index in [0.717, 1.165) is 17.0 Å². The third-order valence-corrected chi connectivity index (χ3v) is 3.62. The Labute approximate surface area is 127 Å². The first kappa shape index (κ1) is 13.4. The van der Waals surface area contributed by atoms with Crippen molar-refractivity contribution in [3.8, 4) is 0 Å². The number of benzene rings is 1. The zero-order chi connectivity index (χ0) is 14.1. The van der Waals surface area contributed by atoms with Crippen molar-refractivity contribution < 1.29 is 0 Å². The number of halogens is 2. The van der Waals surface area contributed by atoms with Crippen molar-refractivity contribution in [2.45, 2.75) is 19.3 Å². The molecule has 0 fully saturated rings. The van der Waals surface area contributed by atoms with Crippen molar-refractivity contribution in [1.29, 1.82) is 0 Å². The van der Waals surface area contributed by atoms with Crippen LogP contribution >= 0.6 is 23.2 Å². The Hall–Kier alpha value is -1.58. The average Bonchev–Trinajstić information content (AvgIpc) is 2.76. The average molecular weight is 306 g/mol. The number of imidazole rings is 1. The van der Waals surface area contributed by atoms with Gasteiger partial charge in [-0.2, -0.15) is 0 Å². The third-order valence-electron chi connectivity index (χ3n) is 3.17. The molecular formula is C15H13Cl2N3. The number of pyridine rings is 1. The number of aromatic nitrogens is 3. The van der Waals surface area contributed by atoms with Crippen LogP contribution in [0.15, 0.2) is 36.5 Å². The second-order valence-corrected chi connectivity index (χ2v) is 5.44. The van der Waals surface area contributed by atoms with E-state index in [2.05, 4.69) is 41.2 Å². The summed E-state index contributed by atoms with van der Waals surface area (Å²) < 4.78 is 2.04. The van der Waals surface area contributed by atoms with Crippen LogP contribution in [0.5, 0.6) is 0 Å². The van der Waals surface area contributed by atoms with Gasteiger partial charge in [0.25, 0.3) is 0 Å². The van der Waals surface area contributed by atoms with Crippen molar-refractivity contribution in [3.63, 3.8) is 0 Å². The van der Waals surface area contributed by atoms with Crippen LogP contribution in [-0.4, -0.2) is 14.5 Å². The second kappa shape index (κ2) is 5.43. The fraction of sp³-hybridized carbons (Fsp3) is 0.200. The highest BCUT2D eigenvalue weighted by atomic mass is 35.5. The van der Waals surface area contributed by atoms with Crippen LogP contribution < -0.4 is 0 Å². The van der Waals surface area contributed by atoms with Gasteiger partial charge in [-0.1, -0.05) is 41.4 Å². The van der Waals surface area contributed by atoms with Crippen molar-refractivity contribution in [3.05, 3.63) is 58.5 Å². The Morgan fingerprint density at radius 2 is 2.10 bits per heavy atom. The number of nitrogens with zero attached hydrogens (tertiary/aromatic N) is 3. The zero-order valence-electron chi connectivity index (χ0n) is 11.0. The molecule has 2 heterocycles. The largest absolute Gasteiger partial charge is 0.307 e. The first-order valence-corrected chi connectivity index (χ1v) is 7.21. The van der Waals surface area contributed by atoms with Gasteiger partial charge >= 0.3 is 0 Å². The van der Waals surface area contributed by atoms with Crippen molar-refractivity contribution in [1.82, 2.24) is 14.5 Å². The van der Waals surface area contributed by atoms with Gasteiger partial charge in [0.1, 0.15) is 11.3 Å². The molecule has 2 aromatic heterocycles. The van der Waals surface area contributed by atoms with Gasteiger partial charge in [-0.25, -0.2) is 9.97 Å². The van der Waals surface area contributed by atoms with Gasteiger partial charge in [0.2, 0.25) is 0 Å². The Kier molecular flexibility index (Phi) is 3.64. The lowest BCUT2D eigenvalue weighted by molar-refractivity contribution is 0.770. The second-order valence-electron chi connectivity index (χ2n) is 4.73. The summed E-state index contributed by atoms with van der Waals surface area (Å²) in [5, 5.41) is 0.582. The van der Waals surface area contributed by atoms with Crippen LogP contribution in [0.4, 0.5) is 0 Å². The lowest BCUT2D eigenvalue weighted by Crippen LogP contribution is -2.04. The molecule has 5 heteroatoms. The van der Waals surface area contributed by atoms with E-state index in [1.807, 2.05) is 10.6 Å². The van der Waals surface area contributed by atoms with Gasteiger partial charge in [0, 0.05) is 6.20 Å². The molecule has 0 saturated carbocycles. The number of alkyl halides is 1. The monoisotopic (exact) mass is 305 g/mol. The van der Waals surface area contributed by atoms with Gasteiger partial charge in [-0.05, 0) is 18.6 Å². The SMILES string of the molecule is Cc1cccc(Cn2c(CCl)nc3cc(Cl)cnc32)c1. The molecule has 0 atom stereocenters. The smallest absolute Gasteiger partial charge is 0.160 e. The minimum Gasteiger partial charge on any atom is -0.307 e. The van der Waals surface area contributed by atoms with Crippen molar-refractivity contribution in [2.75, 3.05) is 0 Å². The van der Waals surface area contributed by atoms with Gasteiger partial charge in [0.05, 0.1) is 17.4 Å². The molecule has 0 spiro atoms. The lowest BCUT2D eigenvalue weighted by atomic mass is 10.1. The van der Waals surface area contributed by atoms with E-state index in [1.54, 1.807) is 6.20 Å². The summed E-state index contributed by atoms with van der Waals surface area (Å²) in [5.74, 6) is 1.15. The van der Waals surface area contributed by atoms with Gasteiger partial charge < -0.3 is 4.57 Å². The van der Waals surface area contributed by atoms with Crippen LogP contribution in [0, 0.1) is 6.92 Å². The van der Waals surface area contributed by atoms with E-state index in [0.29, 0.717) is 17.4 Å². The number of rotatable bonds is 3. The van der Waals surface area contributed by atoms with Crippen molar-refractivity contribution in [2.24, 2.45) is 0 Å². The lowest BCUT2D eigenvalue weighted by Gasteiger charge is -2.08. The first-order chi connectivity index (χ1) is 9.67. The molecule has 1 aromatic carbocycles. The number of fused-ring (bicyclic) bond motifs is 1. The zero-order valence-corrected chi connectivity index (χ0v) is 12.5. The molecule has 0 aliphatic heterocycles. The predicted molar refractivity (Wildman–Crippen MR) is 82.4 cm³/mol. The molecule has 0 aliphatic rings. The molecule has 0 N–H and O–H groups in total. The normalized spacial score (nSPS) is 11.2. The maximum absolute atomic E-state index is 6.00. The Bertz CT molecular complexity index is 765. The Morgan fingerprint density at radius 3 is 2.85 bits per heavy atom. The number of hydrogen-bond donors (Lipinski definition) is 0. The maximum Gasteiger partial charge on any atom is 0.160 e. The Morgan fingerprint density at radius 1 is 1.25 bits per heavy atom. The quantitative estimate of drug-likeness (QED) is 0.680. The van der Waals surface area contributed by atoms with Crippen LogP contribution in [0.2, 0.25) is 5.02 Å². The van der Waals surface area contributed by atoms with Crippen LogP contribution in [0.1, 0.15) is 17.0 Å². The fourth-order valence-corrected chi connectivity index (χ4v) is 2.65. The number of hydrogen-bond acceptors (Lipinski definition) is 2. The molecule has 20 heavy (non-hydrogen) atoms. The maximum atomic E-state index is 6.00. The first-order valence-electron chi connectivity index (χ1n) is 6.29. The molecule has 3 rings (SSSR count). The molecule has 0 radical (unpaired) electrons. The number of aryl methyl sites for hydroxylation is 1. The van der Waals surface area contributed by atoms with E-state index >= 15 is 0 Å². The van der Waals surface area contributed by atoms with E-state index < -0.39 is 0 Å². The van der Waals surface area contributed by atoms with E-state index in [-0.39, 0.29) is 0 Å². The summed E-state index contributed by atoms with van der Waals surface area (Å²) in [7, 11) is 0. The highest BCUT2D eigenvalue weighted by Gasteiger charge is 2.12. The van der Waals surface area contributed by atoms with Gasteiger partial charge in [-0.3, -0.25) is 0 Å². The van der Waals surface area contributed by atoms with Crippen LogP contribution in [0.3, 0.4) is 0 Å². The molecule has 0 amide bonds. The van der Waals surface area contributed by atoms with E-state index in [1.165, 1.54) is 11.1 Å². The van der Waals surface area contributed by atoms with E-state index in [9.17, 15) is 0 Å². The molecule has 0 aliphatic carbocycles. The summed E-state index contributed by atoms with van der Waals surface area (Å²) in [4.78, 5) is 8.87. The standard InChI is InChI=1S/C15H13Cl2N3/c1-10-3-2-4-11(5-10)9-20-14(7-16)19-13-6-12(17)8-18-15(13)20/h2-6,8H,7,9H2,1H3. The molecule has 0 unspecified atom stereocenters. The molecule has 0 bridgehead atoms. The van der Waals surface area contributed by atoms with Crippen molar-refractivity contribution >= 4 is 34.4 Å². The Balaban J connectivity index is 2.10. The topological polar surface area (TPSA) is 30.7 Å². The highest BCUT2D eigenvalue weighted by Crippen LogP contribution is 2.20. The molecule has 3 nitrogen and oxygen atoms in total. The summed E-state index contributed by atoms with van der Waals surface area (Å²) in [6.07, 6.45) is 1.64. The predicted octanol–water partition coefficient (Wildman–Crippen LogP) is 4.18. The minimum absolute atomic E-state index is 0.347. The van der Waals surface area contributed by atoms with Gasteiger partial charge in [0.15, 0.2) is 5.65 Å². The summed E-state index contributed by atoms with van der Waals surface area (Å²) in [6.45, 7) is 2.78. The van der Waals surface area contributed by atoms with E-state index in [4.69, 9.17) is 23.2 Å². The summed E-state index contributed by atoms with van der Waals surface area (Å²) >= 11 is 12.0. The molecule has 3 aromatic rings. The van der Waals surface area contributed by atoms with Crippen LogP contribution in [-0.2, 0) is 12.4 Å². The minimum atomic E-state index is 0.347.